The molecular formula is C41H54N6O9S. The standard InChI is InChI=1S/C41H54N6O9S/c1-3-28-22-41(28,39(50)45-57(52,53)32-14-15-32)44-36(48)34-21-31-24-47(34)38(49)35(25-9-6-7-10-25)43-40(51)46-17-16-30(23-46)55-18-8-4-5-11-27-19-26-12-13-29(54-2)20-33(26)42-37(27)56-31/h3,12-13,19-20,25,28,30-32,34-35H,1,4-11,14-18,21-24H2,2H3,(H,43,51)(H,44,48)(H,45,50)/t28?,30-,31+,34-,35-,41+/m0/s1. The molecule has 3 saturated carbocycles. The van der Waals surface area contributed by atoms with Gasteiger partial charge in [0.15, 0.2) is 0 Å². The molecule has 308 valence electrons. The lowest BCUT2D eigenvalue weighted by atomic mass is 9.96. The number of benzene rings is 1. The molecule has 0 radical (unpaired) electrons. The second-order valence-electron chi connectivity index (χ2n) is 16.7. The number of amides is 5. The van der Waals surface area contributed by atoms with Gasteiger partial charge < -0.3 is 34.6 Å². The van der Waals surface area contributed by atoms with Crippen LogP contribution in [0.15, 0.2) is 36.9 Å². The Labute approximate surface area is 333 Å². The highest BCUT2D eigenvalue weighted by molar-refractivity contribution is 7.91. The molecular weight excluding hydrogens is 753 g/mol. The summed E-state index contributed by atoms with van der Waals surface area (Å²) in [6.45, 7) is 5.40. The number of hydrogen-bond acceptors (Lipinski definition) is 10. The van der Waals surface area contributed by atoms with Crippen molar-refractivity contribution in [1.29, 1.82) is 0 Å². The number of aromatic nitrogens is 1. The first-order valence-electron chi connectivity index (χ1n) is 20.6. The van der Waals surface area contributed by atoms with Crippen molar-refractivity contribution in [3.8, 4) is 11.6 Å². The highest BCUT2D eigenvalue weighted by atomic mass is 32.2. The molecule has 15 nitrogen and oxygen atoms in total. The summed E-state index contributed by atoms with van der Waals surface area (Å²) in [5.74, 6) is -1.39. The van der Waals surface area contributed by atoms with E-state index in [4.69, 9.17) is 19.2 Å². The number of methoxy groups -OCH3 is 1. The van der Waals surface area contributed by atoms with Gasteiger partial charge in [-0.15, -0.1) is 6.58 Å². The van der Waals surface area contributed by atoms with Gasteiger partial charge in [0.2, 0.25) is 27.7 Å². The maximum Gasteiger partial charge on any atom is 0.318 e. The number of aryl methyl sites for hydroxylation is 1. The number of carbonyl (C=O) groups is 4. The van der Waals surface area contributed by atoms with Crippen LogP contribution in [0.4, 0.5) is 4.79 Å². The van der Waals surface area contributed by atoms with Crippen LogP contribution in [0, 0.1) is 11.8 Å². The van der Waals surface area contributed by atoms with E-state index in [0.29, 0.717) is 62.5 Å². The number of pyridine rings is 1. The second kappa shape index (κ2) is 16.1. The smallest absolute Gasteiger partial charge is 0.318 e. The molecule has 6 aliphatic rings. The van der Waals surface area contributed by atoms with Gasteiger partial charge in [0, 0.05) is 49.1 Å². The molecule has 3 aliphatic heterocycles. The average molecular weight is 807 g/mol. The van der Waals surface area contributed by atoms with Gasteiger partial charge in [0.05, 0.1) is 30.5 Å². The largest absolute Gasteiger partial charge is 0.497 e. The van der Waals surface area contributed by atoms with E-state index < -0.39 is 62.6 Å². The first-order chi connectivity index (χ1) is 27.5. The normalized spacial score (nSPS) is 30.0. The Balaban J connectivity index is 1.12. The average Bonchev–Trinajstić information content (AvgIpc) is 3.97. The molecule has 5 amide bonds. The van der Waals surface area contributed by atoms with Gasteiger partial charge in [0.25, 0.3) is 5.91 Å². The Bertz CT molecular complexity index is 2020. The zero-order chi connectivity index (χ0) is 39.9. The topological polar surface area (TPSA) is 186 Å². The number of sulfonamides is 1. The van der Waals surface area contributed by atoms with E-state index in [2.05, 4.69) is 28.0 Å². The van der Waals surface area contributed by atoms with Gasteiger partial charge >= 0.3 is 6.03 Å². The minimum absolute atomic E-state index is 0.0348. The van der Waals surface area contributed by atoms with E-state index in [0.717, 1.165) is 55.9 Å². The molecule has 16 heteroatoms. The number of nitrogens with one attached hydrogen (secondary N) is 3. The van der Waals surface area contributed by atoms with Crippen LogP contribution in [0.25, 0.3) is 10.9 Å². The SMILES string of the molecule is C=CC1C[C@]1(NC(=O)[C@@H]1C[C@@H]2CN1C(=O)[C@H](C1CCCC1)NC(=O)N1CC[C@@H](C1)OCCCCCc1cc3ccc(OC)cc3nc1O2)C(=O)NS(=O)(=O)C1CC1. The zero-order valence-corrected chi connectivity index (χ0v) is 33.4. The minimum Gasteiger partial charge on any atom is -0.497 e. The van der Waals surface area contributed by atoms with Crippen molar-refractivity contribution >= 4 is 44.7 Å². The molecule has 2 aromatic rings. The van der Waals surface area contributed by atoms with Crippen LogP contribution >= 0.6 is 0 Å². The molecule has 1 aromatic heterocycles. The lowest BCUT2D eigenvalue weighted by Gasteiger charge is -2.33. The number of carbonyl (C=O) groups excluding carboxylic acids is 4. The van der Waals surface area contributed by atoms with Crippen LogP contribution in [0.5, 0.6) is 11.6 Å². The van der Waals surface area contributed by atoms with Crippen LogP contribution in [0.3, 0.4) is 0 Å². The number of nitrogens with zero attached hydrogens (tertiary/aromatic N) is 3. The summed E-state index contributed by atoms with van der Waals surface area (Å²) in [5.41, 5.74) is 0.0468. The molecule has 0 spiro atoms. The number of rotatable bonds is 8. The monoisotopic (exact) mass is 806 g/mol. The summed E-state index contributed by atoms with van der Waals surface area (Å²) < 4.78 is 46.2. The van der Waals surface area contributed by atoms with E-state index in [1.807, 2.05) is 18.2 Å². The van der Waals surface area contributed by atoms with Crippen molar-refractivity contribution in [2.24, 2.45) is 11.8 Å². The fourth-order valence-electron chi connectivity index (χ4n) is 9.10. The first kappa shape index (κ1) is 39.4. The Morgan fingerprint density at radius 2 is 1.84 bits per heavy atom. The van der Waals surface area contributed by atoms with Crippen molar-refractivity contribution in [3.63, 3.8) is 0 Å². The summed E-state index contributed by atoms with van der Waals surface area (Å²) >= 11 is 0. The molecule has 1 unspecified atom stereocenters. The van der Waals surface area contributed by atoms with Gasteiger partial charge in [0.1, 0.15) is 29.5 Å². The first-order valence-corrected chi connectivity index (χ1v) is 22.1. The summed E-state index contributed by atoms with van der Waals surface area (Å²) in [6.07, 6.45) is 9.37. The number of hydrogen-bond donors (Lipinski definition) is 3. The third-order valence-corrected chi connectivity index (χ3v) is 14.6. The summed E-state index contributed by atoms with van der Waals surface area (Å²) in [7, 11) is -2.30. The molecule has 6 atom stereocenters. The van der Waals surface area contributed by atoms with E-state index >= 15 is 0 Å². The van der Waals surface area contributed by atoms with Gasteiger partial charge in [-0.2, -0.15) is 0 Å². The highest BCUT2D eigenvalue weighted by Gasteiger charge is 2.62. The third kappa shape index (κ3) is 8.30. The van der Waals surface area contributed by atoms with Crippen molar-refractivity contribution in [3.05, 3.63) is 42.5 Å². The maximum atomic E-state index is 14.9. The van der Waals surface area contributed by atoms with E-state index in [9.17, 15) is 27.6 Å². The number of ether oxygens (including phenoxy) is 3. The van der Waals surface area contributed by atoms with Gasteiger partial charge in [-0.05, 0) is 81.9 Å². The molecule has 4 bridgehead atoms. The van der Waals surface area contributed by atoms with Gasteiger partial charge in [-0.3, -0.25) is 19.1 Å². The molecule has 2 saturated heterocycles. The van der Waals surface area contributed by atoms with Crippen molar-refractivity contribution in [1.82, 2.24) is 30.1 Å². The molecule has 3 aliphatic carbocycles. The summed E-state index contributed by atoms with van der Waals surface area (Å²) in [4.78, 5) is 65.0. The molecule has 4 heterocycles. The van der Waals surface area contributed by atoms with Crippen molar-refractivity contribution in [2.45, 2.75) is 119 Å². The Morgan fingerprint density at radius 1 is 1.04 bits per heavy atom. The van der Waals surface area contributed by atoms with Gasteiger partial charge in [-0.1, -0.05) is 25.3 Å². The predicted octanol–water partition coefficient (Wildman–Crippen LogP) is 3.35. The van der Waals surface area contributed by atoms with E-state index in [-0.39, 0.29) is 37.4 Å². The lowest BCUT2D eigenvalue weighted by molar-refractivity contribution is -0.142. The van der Waals surface area contributed by atoms with Crippen molar-refractivity contribution < 1.29 is 41.8 Å². The number of fused-ring (bicyclic) bond motifs is 6. The van der Waals surface area contributed by atoms with Crippen LogP contribution in [0.1, 0.15) is 82.6 Å². The summed E-state index contributed by atoms with van der Waals surface area (Å²) in [6, 6.07) is 5.44. The van der Waals surface area contributed by atoms with E-state index in [1.165, 1.54) is 11.0 Å². The van der Waals surface area contributed by atoms with Crippen LogP contribution in [0.2, 0.25) is 0 Å². The van der Waals surface area contributed by atoms with Gasteiger partial charge in [-0.25, -0.2) is 18.2 Å². The Morgan fingerprint density at radius 3 is 2.58 bits per heavy atom. The van der Waals surface area contributed by atoms with Crippen LogP contribution in [-0.2, 0) is 35.6 Å². The molecule has 5 fully saturated rings. The minimum atomic E-state index is -3.89. The maximum absolute atomic E-state index is 14.9. The third-order valence-electron chi connectivity index (χ3n) is 12.7. The molecule has 57 heavy (non-hydrogen) atoms. The lowest BCUT2D eigenvalue weighted by Crippen LogP contribution is -2.59. The molecule has 3 N–H and O–H groups in total. The molecule has 8 rings (SSSR count). The number of urea groups is 1. The fraction of sp³-hybridized carbons (Fsp3) is 0.634. The van der Waals surface area contributed by atoms with Crippen LogP contribution in [-0.4, -0.2) is 115 Å². The summed E-state index contributed by atoms with van der Waals surface area (Å²) in [5, 5.41) is 6.25. The highest BCUT2D eigenvalue weighted by Crippen LogP contribution is 2.46. The Kier molecular flexibility index (Phi) is 11.1. The quantitative estimate of drug-likeness (QED) is 0.335. The fourth-order valence-corrected chi connectivity index (χ4v) is 10.5. The van der Waals surface area contributed by atoms with Crippen LogP contribution < -0.4 is 24.8 Å². The second-order valence-corrected chi connectivity index (χ2v) is 18.6. The predicted molar refractivity (Wildman–Crippen MR) is 210 cm³/mol. The Hall–Kier alpha value is -4.44. The zero-order valence-electron chi connectivity index (χ0n) is 32.6. The molecule has 1 aromatic carbocycles. The van der Waals surface area contributed by atoms with E-state index in [1.54, 1.807) is 12.0 Å². The van der Waals surface area contributed by atoms with Crippen molar-refractivity contribution in [2.75, 3.05) is 33.4 Å².